The molecule has 0 bridgehead atoms. The maximum Gasteiger partial charge on any atom is 0.323 e. The van der Waals surface area contributed by atoms with Gasteiger partial charge in [-0.15, -0.1) is 0 Å². The molecule has 9 nitrogen and oxygen atoms in total. The summed E-state index contributed by atoms with van der Waals surface area (Å²) in [4.78, 5) is 33.9. The number of hydrogen-bond acceptors (Lipinski definition) is 7. The number of methoxy groups -OCH3 is 1. The van der Waals surface area contributed by atoms with Crippen molar-refractivity contribution in [2.75, 3.05) is 19.0 Å². The number of carbonyl (C=O) groups excluding carboxylic acids is 2. The second kappa shape index (κ2) is 12.6. The average Bonchev–Trinajstić information content (AvgIpc) is 3.00. The zero-order valence-corrected chi connectivity index (χ0v) is 22.4. The normalized spacial score (nSPS) is 12.6. The number of nitrogens with zero attached hydrogens (tertiary/aromatic N) is 3. The number of anilines is 1. The Morgan fingerprint density at radius 1 is 1.02 bits per heavy atom. The number of ketones is 1. The summed E-state index contributed by atoms with van der Waals surface area (Å²) in [5.74, 6) is 0.916. The number of benzene rings is 2. The fourth-order valence-corrected chi connectivity index (χ4v) is 4.53. The molecule has 0 radical (unpaired) electrons. The Bertz CT molecular complexity index is 1690. The minimum Gasteiger partial charge on any atom is -0.497 e. The summed E-state index contributed by atoms with van der Waals surface area (Å²) in [5, 5.41) is 15.9. The van der Waals surface area contributed by atoms with E-state index in [0.29, 0.717) is 34.9 Å². The van der Waals surface area contributed by atoms with Gasteiger partial charge in [-0.05, 0) is 84.1 Å². The number of ether oxygens (including phenoxy) is 2. The Morgan fingerprint density at radius 3 is 2.56 bits per heavy atom. The van der Waals surface area contributed by atoms with Gasteiger partial charge in [-0.2, -0.15) is 5.26 Å². The SMILES string of the molecule is COc1ccc(NC(=O)NC2=CC=C(c3ccnc4cc(OCCCc5ccncc5)c(C#N)cc34)CC2=O)cc1. The number of carbonyl (C=O) groups is 2. The van der Waals surface area contributed by atoms with Crippen molar-refractivity contribution in [2.24, 2.45) is 0 Å². The number of fused-ring (bicyclic) bond motifs is 1. The number of allylic oxidation sites excluding steroid dienone is 4. The summed E-state index contributed by atoms with van der Waals surface area (Å²) in [6.07, 6.45) is 10.3. The van der Waals surface area contributed by atoms with Gasteiger partial charge < -0.3 is 20.1 Å². The maximum atomic E-state index is 13.0. The number of urea groups is 1. The number of nitrogens with one attached hydrogen (secondary N) is 2. The first-order chi connectivity index (χ1) is 20.0. The van der Waals surface area contributed by atoms with Crippen molar-refractivity contribution in [3.8, 4) is 17.6 Å². The van der Waals surface area contributed by atoms with E-state index in [1.54, 1.807) is 74.3 Å². The first-order valence-electron chi connectivity index (χ1n) is 13.0. The largest absolute Gasteiger partial charge is 0.497 e. The van der Waals surface area contributed by atoms with E-state index >= 15 is 0 Å². The lowest BCUT2D eigenvalue weighted by Gasteiger charge is -2.17. The highest BCUT2D eigenvalue weighted by molar-refractivity contribution is 6.09. The minimum atomic E-state index is -0.520. The van der Waals surface area contributed by atoms with E-state index in [-0.39, 0.29) is 17.9 Å². The molecule has 0 unspecified atom stereocenters. The van der Waals surface area contributed by atoms with Crippen LogP contribution in [-0.2, 0) is 11.2 Å². The smallest absolute Gasteiger partial charge is 0.323 e. The molecule has 0 fully saturated rings. The zero-order chi connectivity index (χ0) is 28.6. The molecule has 41 heavy (non-hydrogen) atoms. The fourth-order valence-electron chi connectivity index (χ4n) is 4.53. The van der Waals surface area contributed by atoms with Crippen LogP contribution in [0.15, 0.2) is 91.0 Å². The highest BCUT2D eigenvalue weighted by Gasteiger charge is 2.21. The molecule has 2 aromatic heterocycles. The number of aryl methyl sites for hydroxylation is 1. The molecule has 204 valence electrons. The van der Waals surface area contributed by atoms with Crippen LogP contribution in [0.25, 0.3) is 16.5 Å². The summed E-state index contributed by atoms with van der Waals surface area (Å²) in [5.41, 5.74) is 4.54. The minimum absolute atomic E-state index is 0.0862. The second-order valence-corrected chi connectivity index (χ2v) is 9.32. The molecule has 2 heterocycles. The number of aromatic nitrogens is 2. The highest BCUT2D eigenvalue weighted by Crippen LogP contribution is 2.33. The van der Waals surface area contributed by atoms with Gasteiger partial charge in [0.1, 0.15) is 17.6 Å². The van der Waals surface area contributed by atoms with Crippen LogP contribution in [0, 0.1) is 11.3 Å². The zero-order valence-electron chi connectivity index (χ0n) is 22.4. The Morgan fingerprint density at radius 2 is 1.83 bits per heavy atom. The molecule has 0 atom stereocenters. The molecule has 1 aliphatic rings. The van der Waals surface area contributed by atoms with Crippen molar-refractivity contribution in [2.45, 2.75) is 19.3 Å². The molecule has 1 aliphatic carbocycles. The second-order valence-electron chi connectivity index (χ2n) is 9.32. The van der Waals surface area contributed by atoms with Crippen LogP contribution in [0.4, 0.5) is 10.5 Å². The monoisotopic (exact) mass is 545 g/mol. The van der Waals surface area contributed by atoms with Gasteiger partial charge in [-0.3, -0.25) is 14.8 Å². The third-order valence-electron chi connectivity index (χ3n) is 6.62. The summed E-state index contributed by atoms with van der Waals surface area (Å²) < 4.78 is 11.1. The first kappa shape index (κ1) is 27.1. The van der Waals surface area contributed by atoms with E-state index in [1.807, 2.05) is 18.2 Å². The predicted octanol–water partition coefficient (Wildman–Crippen LogP) is 5.58. The molecule has 2 amide bonds. The van der Waals surface area contributed by atoms with E-state index < -0.39 is 6.03 Å². The van der Waals surface area contributed by atoms with Crippen molar-refractivity contribution in [3.05, 3.63) is 108 Å². The first-order valence-corrected chi connectivity index (χ1v) is 13.0. The van der Waals surface area contributed by atoms with Gasteiger partial charge in [0.15, 0.2) is 5.78 Å². The predicted molar refractivity (Wildman–Crippen MR) is 155 cm³/mol. The maximum absolute atomic E-state index is 13.0. The lowest BCUT2D eigenvalue weighted by Crippen LogP contribution is -2.32. The van der Waals surface area contributed by atoms with Crippen LogP contribution in [0.3, 0.4) is 0 Å². The standard InChI is InChI=1S/C32H27N5O4/c1-40-25-7-5-24(6-8-25)36-32(39)37-28-9-4-22(18-30(28)38)26-12-15-35-29-19-31(23(20-33)17-27(26)29)41-16-2-3-21-10-13-34-14-11-21/h4-15,17,19H,2-3,16,18H2,1H3,(H2,36,37,39). The van der Waals surface area contributed by atoms with Crippen LogP contribution in [0.5, 0.6) is 11.5 Å². The van der Waals surface area contributed by atoms with Crippen LogP contribution in [0.1, 0.15) is 29.5 Å². The summed E-state index contributed by atoms with van der Waals surface area (Å²) in [6, 6.07) is 17.8. The van der Waals surface area contributed by atoms with Crippen LogP contribution < -0.4 is 20.1 Å². The lowest BCUT2D eigenvalue weighted by molar-refractivity contribution is -0.115. The topological polar surface area (TPSA) is 126 Å². The number of hydrogen-bond donors (Lipinski definition) is 2. The van der Waals surface area contributed by atoms with Gasteiger partial charge in [0, 0.05) is 42.2 Å². The number of Topliss-reactive ketones (excluding diaryl/α,β-unsaturated/α-hetero) is 1. The van der Waals surface area contributed by atoms with E-state index in [9.17, 15) is 14.9 Å². The molecule has 2 aromatic carbocycles. The van der Waals surface area contributed by atoms with E-state index in [1.165, 1.54) is 5.56 Å². The van der Waals surface area contributed by atoms with Gasteiger partial charge in [-0.25, -0.2) is 4.79 Å². The third-order valence-corrected chi connectivity index (χ3v) is 6.62. The van der Waals surface area contributed by atoms with Crippen LogP contribution in [0.2, 0.25) is 0 Å². The Kier molecular flexibility index (Phi) is 8.31. The molecule has 9 heteroatoms. The molecule has 4 aromatic rings. The molecule has 2 N–H and O–H groups in total. The molecule has 5 rings (SSSR count). The molecule has 0 spiro atoms. The molecule has 0 aliphatic heterocycles. The van der Waals surface area contributed by atoms with Gasteiger partial charge in [0.25, 0.3) is 0 Å². The van der Waals surface area contributed by atoms with Gasteiger partial charge in [0.2, 0.25) is 0 Å². The van der Waals surface area contributed by atoms with E-state index in [2.05, 4.69) is 26.7 Å². The molecular formula is C32H27N5O4. The summed E-state index contributed by atoms with van der Waals surface area (Å²) in [6.45, 7) is 0.453. The lowest BCUT2D eigenvalue weighted by atomic mass is 9.92. The highest BCUT2D eigenvalue weighted by atomic mass is 16.5. The summed E-state index contributed by atoms with van der Waals surface area (Å²) >= 11 is 0. The number of nitriles is 1. The van der Waals surface area contributed by atoms with Crippen LogP contribution in [-0.4, -0.2) is 35.5 Å². The summed E-state index contributed by atoms with van der Waals surface area (Å²) in [7, 11) is 1.56. The number of amides is 2. The van der Waals surface area contributed by atoms with Gasteiger partial charge in [-0.1, -0.05) is 6.08 Å². The Balaban J connectivity index is 1.29. The molecule has 0 saturated carbocycles. The number of pyridine rings is 2. The molecular weight excluding hydrogens is 518 g/mol. The van der Waals surface area contributed by atoms with Crippen LogP contribution >= 0.6 is 0 Å². The van der Waals surface area contributed by atoms with Crippen molar-refractivity contribution in [1.82, 2.24) is 15.3 Å². The third kappa shape index (κ3) is 6.57. The Hall–Kier alpha value is -5.49. The van der Waals surface area contributed by atoms with Crippen molar-refractivity contribution >= 4 is 34.0 Å². The van der Waals surface area contributed by atoms with Gasteiger partial charge in [0.05, 0.1) is 30.5 Å². The van der Waals surface area contributed by atoms with Crippen molar-refractivity contribution in [3.63, 3.8) is 0 Å². The van der Waals surface area contributed by atoms with E-state index in [0.717, 1.165) is 29.4 Å². The van der Waals surface area contributed by atoms with Crippen molar-refractivity contribution < 1.29 is 19.1 Å². The van der Waals surface area contributed by atoms with E-state index in [4.69, 9.17) is 9.47 Å². The Labute approximate surface area is 237 Å². The fraction of sp³-hybridized carbons (Fsp3) is 0.156. The van der Waals surface area contributed by atoms with Gasteiger partial charge >= 0.3 is 6.03 Å². The molecule has 0 saturated heterocycles. The quantitative estimate of drug-likeness (QED) is 0.263. The van der Waals surface area contributed by atoms with Crippen molar-refractivity contribution in [1.29, 1.82) is 5.26 Å². The average molecular weight is 546 g/mol. The number of rotatable bonds is 9.